The molecule has 0 aromatic heterocycles. The van der Waals surface area contributed by atoms with Crippen LogP contribution in [0.1, 0.15) is 35.7 Å². The first-order chi connectivity index (χ1) is 10.2. The third-order valence-corrected chi connectivity index (χ3v) is 4.63. The minimum atomic E-state index is 0.207. The zero-order valence-electron chi connectivity index (χ0n) is 13.1. The van der Waals surface area contributed by atoms with Crippen molar-refractivity contribution in [3.63, 3.8) is 0 Å². The molecule has 1 unspecified atom stereocenters. The van der Waals surface area contributed by atoms with Crippen LogP contribution in [0.3, 0.4) is 0 Å². The van der Waals surface area contributed by atoms with Gasteiger partial charge in [0, 0.05) is 36.9 Å². The highest BCUT2D eigenvalue weighted by atomic mass is 16.2. The second-order valence-corrected chi connectivity index (χ2v) is 6.33. The van der Waals surface area contributed by atoms with Crippen molar-refractivity contribution >= 4 is 11.6 Å². The van der Waals surface area contributed by atoms with E-state index in [1.807, 2.05) is 12.1 Å². The van der Waals surface area contributed by atoms with Gasteiger partial charge in [0.15, 0.2) is 0 Å². The molecule has 0 saturated carbocycles. The Hall–Kier alpha value is -1.55. The third kappa shape index (κ3) is 2.91. The van der Waals surface area contributed by atoms with Gasteiger partial charge in [-0.25, -0.2) is 0 Å². The van der Waals surface area contributed by atoms with E-state index in [1.54, 1.807) is 0 Å². The van der Waals surface area contributed by atoms with Crippen LogP contribution in [0.15, 0.2) is 18.2 Å². The van der Waals surface area contributed by atoms with Gasteiger partial charge in [0.05, 0.1) is 0 Å². The highest BCUT2D eigenvalue weighted by molar-refractivity contribution is 5.97. The smallest absolute Gasteiger partial charge is 0.254 e. The molecule has 1 atom stereocenters. The first-order valence-corrected chi connectivity index (χ1v) is 8.02. The summed E-state index contributed by atoms with van der Waals surface area (Å²) in [4.78, 5) is 17.4. The molecule has 114 valence electrons. The Bertz CT molecular complexity index is 529. The van der Waals surface area contributed by atoms with E-state index in [0.717, 1.165) is 56.7 Å². The Kier molecular flexibility index (Phi) is 4.15. The fraction of sp³-hybridized carbons (Fsp3) is 0.588. The normalized spacial score (nSPS) is 23.1. The van der Waals surface area contributed by atoms with Crippen LogP contribution in [0.2, 0.25) is 0 Å². The minimum absolute atomic E-state index is 0.207. The fourth-order valence-corrected chi connectivity index (χ4v) is 3.54. The molecular weight excluding hydrogens is 262 g/mol. The van der Waals surface area contributed by atoms with E-state index in [9.17, 15) is 4.79 Å². The van der Waals surface area contributed by atoms with E-state index in [2.05, 4.69) is 35.2 Å². The molecule has 4 nitrogen and oxygen atoms in total. The Balaban J connectivity index is 1.88. The van der Waals surface area contributed by atoms with Gasteiger partial charge in [-0.15, -0.1) is 0 Å². The molecule has 1 aromatic carbocycles. The highest BCUT2D eigenvalue weighted by Gasteiger charge is 2.27. The maximum Gasteiger partial charge on any atom is 0.254 e. The van der Waals surface area contributed by atoms with E-state index >= 15 is 0 Å². The van der Waals surface area contributed by atoms with Crippen molar-refractivity contribution in [2.75, 3.05) is 38.5 Å². The number of carbonyl (C=O) groups excluding carboxylic acids is 1. The van der Waals surface area contributed by atoms with Crippen molar-refractivity contribution in [3.05, 3.63) is 29.3 Å². The van der Waals surface area contributed by atoms with Crippen molar-refractivity contribution in [2.45, 2.75) is 32.2 Å². The predicted octanol–water partition coefficient (Wildman–Crippen LogP) is 2.21. The molecule has 21 heavy (non-hydrogen) atoms. The summed E-state index contributed by atoms with van der Waals surface area (Å²) in [5.41, 5.74) is 3.25. The maximum atomic E-state index is 13.0. The summed E-state index contributed by atoms with van der Waals surface area (Å²) in [7, 11) is 2.14. The van der Waals surface area contributed by atoms with Gasteiger partial charge in [0.25, 0.3) is 5.91 Å². The number of fused-ring (bicyclic) bond motifs is 1. The lowest BCUT2D eigenvalue weighted by atomic mass is 9.96. The molecule has 1 aromatic rings. The molecule has 3 rings (SSSR count). The summed E-state index contributed by atoms with van der Waals surface area (Å²) < 4.78 is 0. The average molecular weight is 287 g/mol. The summed E-state index contributed by atoms with van der Waals surface area (Å²) in [6.45, 7) is 6.06. The molecule has 0 bridgehead atoms. The van der Waals surface area contributed by atoms with Gasteiger partial charge in [-0.3, -0.25) is 4.79 Å². The number of likely N-dealkylation sites (N-methyl/N-ethyl adjacent to an activating group) is 1. The third-order valence-electron chi connectivity index (χ3n) is 4.63. The zero-order valence-corrected chi connectivity index (χ0v) is 13.1. The average Bonchev–Trinajstić information content (AvgIpc) is 2.66. The molecule has 4 heteroatoms. The molecule has 0 aliphatic carbocycles. The Morgan fingerprint density at radius 1 is 1.29 bits per heavy atom. The minimum Gasteiger partial charge on any atom is -0.385 e. The second kappa shape index (κ2) is 6.06. The number of benzene rings is 1. The van der Waals surface area contributed by atoms with Gasteiger partial charge in [-0.2, -0.15) is 0 Å². The van der Waals surface area contributed by atoms with Gasteiger partial charge in [0.1, 0.15) is 0 Å². The van der Waals surface area contributed by atoms with Gasteiger partial charge < -0.3 is 15.1 Å². The summed E-state index contributed by atoms with van der Waals surface area (Å²) >= 11 is 0. The standard InChI is InChI=1S/C17H25N3O/c1-13-12-19(2)10-5-11-20(13)17(21)15-6-3-8-16-14(15)7-4-9-18-16/h3,6,8,13,18H,4-5,7,9-12H2,1-2H3. The second-order valence-electron chi connectivity index (χ2n) is 6.33. The van der Waals surface area contributed by atoms with E-state index in [-0.39, 0.29) is 11.9 Å². The van der Waals surface area contributed by atoms with Crippen LogP contribution >= 0.6 is 0 Å². The van der Waals surface area contributed by atoms with Crippen LogP contribution in [0.4, 0.5) is 5.69 Å². The van der Waals surface area contributed by atoms with Crippen molar-refractivity contribution in [2.24, 2.45) is 0 Å². The number of nitrogens with zero attached hydrogens (tertiary/aromatic N) is 2. The van der Waals surface area contributed by atoms with Crippen LogP contribution in [-0.2, 0) is 6.42 Å². The van der Waals surface area contributed by atoms with Crippen LogP contribution in [0.5, 0.6) is 0 Å². The van der Waals surface area contributed by atoms with Crippen molar-refractivity contribution in [1.29, 1.82) is 0 Å². The van der Waals surface area contributed by atoms with Crippen molar-refractivity contribution in [3.8, 4) is 0 Å². The molecule has 2 heterocycles. The molecule has 0 spiro atoms. The van der Waals surface area contributed by atoms with Crippen molar-refractivity contribution in [1.82, 2.24) is 9.80 Å². The van der Waals surface area contributed by atoms with Crippen molar-refractivity contribution < 1.29 is 4.79 Å². The lowest BCUT2D eigenvalue weighted by molar-refractivity contribution is 0.0695. The number of hydrogen-bond acceptors (Lipinski definition) is 3. The van der Waals surface area contributed by atoms with Gasteiger partial charge in [-0.05, 0) is 57.5 Å². The number of nitrogens with one attached hydrogen (secondary N) is 1. The van der Waals surface area contributed by atoms with Crippen LogP contribution < -0.4 is 5.32 Å². The first-order valence-electron chi connectivity index (χ1n) is 8.02. The summed E-state index contributed by atoms with van der Waals surface area (Å²) in [5.74, 6) is 0.207. The topological polar surface area (TPSA) is 35.6 Å². The van der Waals surface area contributed by atoms with E-state index in [4.69, 9.17) is 0 Å². The molecule has 0 radical (unpaired) electrons. The number of anilines is 1. The number of amides is 1. The number of rotatable bonds is 1. The van der Waals surface area contributed by atoms with E-state index < -0.39 is 0 Å². The van der Waals surface area contributed by atoms with Gasteiger partial charge in [0.2, 0.25) is 0 Å². The zero-order chi connectivity index (χ0) is 14.8. The summed E-state index contributed by atoms with van der Waals surface area (Å²) in [6, 6.07) is 6.36. The maximum absolute atomic E-state index is 13.0. The Morgan fingerprint density at radius 2 is 2.14 bits per heavy atom. The summed E-state index contributed by atoms with van der Waals surface area (Å²) in [5, 5.41) is 3.41. The van der Waals surface area contributed by atoms with Crippen LogP contribution in [0.25, 0.3) is 0 Å². The first kappa shape index (κ1) is 14.4. The lowest BCUT2D eigenvalue weighted by Gasteiger charge is -2.30. The van der Waals surface area contributed by atoms with E-state index in [0.29, 0.717) is 0 Å². The van der Waals surface area contributed by atoms with Crippen LogP contribution in [-0.4, -0.2) is 55.0 Å². The SMILES string of the molecule is CC1CN(C)CCCN1C(=O)c1cccc2c1CCCN2. The summed E-state index contributed by atoms with van der Waals surface area (Å²) in [6.07, 6.45) is 3.17. The van der Waals surface area contributed by atoms with Crippen LogP contribution in [0, 0.1) is 0 Å². The van der Waals surface area contributed by atoms with Gasteiger partial charge >= 0.3 is 0 Å². The fourth-order valence-electron chi connectivity index (χ4n) is 3.54. The highest BCUT2D eigenvalue weighted by Crippen LogP contribution is 2.27. The quantitative estimate of drug-likeness (QED) is 0.860. The number of carbonyl (C=O) groups is 1. The van der Waals surface area contributed by atoms with Gasteiger partial charge in [-0.1, -0.05) is 6.07 Å². The molecule has 2 aliphatic rings. The van der Waals surface area contributed by atoms with E-state index in [1.165, 1.54) is 5.56 Å². The monoisotopic (exact) mass is 287 g/mol. The Morgan fingerprint density at radius 3 is 3.00 bits per heavy atom. The molecular formula is C17H25N3O. The molecule has 2 aliphatic heterocycles. The lowest BCUT2D eigenvalue weighted by Crippen LogP contribution is -2.42. The molecule has 1 fully saturated rings. The molecule has 1 saturated heterocycles. The molecule has 1 amide bonds. The number of hydrogen-bond donors (Lipinski definition) is 1. The molecule has 1 N–H and O–H groups in total. The largest absolute Gasteiger partial charge is 0.385 e. The predicted molar refractivity (Wildman–Crippen MR) is 85.9 cm³/mol. The Labute approximate surface area is 127 Å².